The number of pyridine rings is 1. The molecule has 0 radical (unpaired) electrons. The van der Waals surface area contributed by atoms with Gasteiger partial charge in [-0.3, -0.25) is 9.36 Å². The fourth-order valence-electron chi connectivity index (χ4n) is 3.90. The molecule has 4 rings (SSSR count). The second-order valence-electron chi connectivity index (χ2n) is 7.90. The van der Waals surface area contributed by atoms with Crippen LogP contribution in [0.1, 0.15) is 35.4 Å². The van der Waals surface area contributed by atoms with Crippen LogP contribution in [0.4, 0.5) is 20.4 Å². The summed E-state index contributed by atoms with van der Waals surface area (Å²) in [5.74, 6) is -4.01. The van der Waals surface area contributed by atoms with Crippen molar-refractivity contribution in [3.63, 3.8) is 0 Å². The van der Waals surface area contributed by atoms with Gasteiger partial charge in [-0.1, -0.05) is 23.2 Å². The number of hydrogen-bond donors (Lipinski definition) is 2. The first-order valence-electron chi connectivity index (χ1n) is 9.96. The SMILES string of the molecule is CC(Nc1ccc(Cl)nc1C(=O)O)c1cc(Cl)cc2c(=O)n(C)c(N3CCC(F)(F)C3)nc12. The fourth-order valence-corrected chi connectivity index (χ4v) is 4.27. The molecule has 1 atom stereocenters. The maximum absolute atomic E-state index is 13.8. The number of halogens is 4. The van der Waals surface area contributed by atoms with Crippen LogP contribution in [0.25, 0.3) is 10.9 Å². The first-order valence-corrected chi connectivity index (χ1v) is 10.7. The number of benzene rings is 1. The summed E-state index contributed by atoms with van der Waals surface area (Å²) in [6, 6.07) is 5.42. The van der Waals surface area contributed by atoms with Crippen LogP contribution >= 0.6 is 23.2 Å². The van der Waals surface area contributed by atoms with E-state index in [1.54, 1.807) is 13.0 Å². The topological polar surface area (TPSA) is 100 Å². The Morgan fingerprint density at radius 2 is 2.00 bits per heavy atom. The lowest BCUT2D eigenvalue weighted by molar-refractivity contribution is 0.0256. The molecular weight excluding hydrogens is 479 g/mol. The van der Waals surface area contributed by atoms with Gasteiger partial charge in [-0.15, -0.1) is 0 Å². The molecule has 1 fully saturated rings. The minimum Gasteiger partial charge on any atom is -0.476 e. The number of rotatable bonds is 5. The molecule has 1 aliphatic rings. The second kappa shape index (κ2) is 8.42. The predicted octanol–water partition coefficient (Wildman–Crippen LogP) is 4.35. The van der Waals surface area contributed by atoms with Gasteiger partial charge < -0.3 is 15.3 Å². The third kappa shape index (κ3) is 4.45. The van der Waals surface area contributed by atoms with Gasteiger partial charge in [0.2, 0.25) is 5.95 Å². The first-order chi connectivity index (χ1) is 15.5. The van der Waals surface area contributed by atoms with E-state index in [-0.39, 0.29) is 51.4 Å². The number of nitrogens with zero attached hydrogens (tertiary/aromatic N) is 4. The van der Waals surface area contributed by atoms with E-state index in [0.717, 1.165) is 0 Å². The molecule has 174 valence electrons. The molecule has 33 heavy (non-hydrogen) atoms. The molecule has 0 saturated carbocycles. The Hall–Kier alpha value is -2.98. The normalized spacial score (nSPS) is 16.2. The molecule has 1 aliphatic heterocycles. The number of alkyl halides is 2. The molecule has 1 unspecified atom stereocenters. The van der Waals surface area contributed by atoms with Crippen molar-refractivity contribution in [1.29, 1.82) is 0 Å². The minimum atomic E-state index is -2.86. The molecule has 0 spiro atoms. The van der Waals surface area contributed by atoms with E-state index >= 15 is 0 Å². The number of fused-ring (bicyclic) bond motifs is 1. The van der Waals surface area contributed by atoms with Crippen molar-refractivity contribution < 1.29 is 18.7 Å². The third-order valence-electron chi connectivity index (χ3n) is 5.51. The smallest absolute Gasteiger partial charge is 0.356 e. The maximum Gasteiger partial charge on any atom is 0.356 e. The Balaban J connectivity index is 1.82. The highest BCUT2D eigenvalue weighted by atomic mass is 35.5. The summed E-state index contributed by atoms with van der Waals surface area (Å²) in [4.78, 5) is 34.4. The Kier molecular flexibility index (Phi) is 5.92. The van der Waals surface area contributed by atoms with Gasteiger partial charge in [0.1, 0.15) is 5.15 Å². The highest BCUT2D eigenvalue weighted by Crippen LogP contribution is 2.33. The molecule has 1 aromatic carbocycles. The van der Waals surface area contributed by atoms with Gasteiger partial charge in [-0.2, -0.15) is 0 Å². The average Bonchev–Trinajstić information content (AvgIpc) is 3.11. The van der Waals surface area contributed by atoms with E-state index in [9.17, 15) is 23.5 Å². The van der Waals surface area contributed by atoms with Gasteiger partial charge >= 0.3 is 5.97 Å². The number of anilines is 2. The van der Waals surface area contributed by atoms with Crippen molar-refractivity contribution in [2.24, 2.45) is 7.05 Å². The van der Waals surface area contributed by atoms with Crippen molar-refractivity contribution in [2.45, 2.75) is 25.3 Å². The lowest BCUT2D eigenvalue weighted by atomic mass is 10.0. The van der Waals surface area contributed by atoms with Crippen LogP contribution in [0.2, 0.25) is 10.2 Å². The number of carbonyl (C=O) groups is 1. The molecule has 2 aromatic heterocycles. The number of carboxylic acids is 1. The van der Waals surface area contributed by atoms with Crippen LogP contribution in [-0.4, -0.2) is 44.6 Å². The van der Waals surface area contributed by atoms with E-state index < -0.39 is 30.0 Å². The summed E-state index contributed by atoms with van der Waals surface area (Å²) in [6.45, 7) is 1.26. The largest absolute Gasteiger partial charge is 0.476 e. The molecule has 2 N–H and O–H groups in total. The van der Waals surface area contributed by atoms with Gasteiger partial charge in [0, 0.05) is 30.6 Å². The van der Waals surface area contributed by atoms with E-state index in [0.29, 0.717) is 5.56 Å². The Morgan fingerprint density at radius 3 is 2.64 bits per heavy atom. The molecule has 1 saturated heterocycles. The maximum atomic E-state index is 13.8. The van der Waals surface area contributed by atoms with Crippen LogP contribution in [0.15, 0.2) is 29.1 Å². The van der Waals surface area contributed by atoms with Gasteiger partial charge in [-0.05, 0) is 31.2 Å². The van der Waals surface area contributed by atoms with Crippen LogP contribution in [0.5, 0.6) is 0 Å². The van der Waals surface area contributed by atoms with Gasteiger partial charge in [0.15, 0.2) is 5.69 Å². The summed E-state index contributed by atoms with van der Waals surface area (Å²) in [5, 5.41) is 13.0. The van der Waals surface area contributed by atoms with Crippen molar-refractivity contribution in [2.75, 3.05) is 23.3 Å². The molecule has 0 aliphatic carbocycles. The van der Waals surface area contributed by atoms with Gasteiger partial charge in [-0.25, -0.2) is 23.5 Å². The highest BCUT2D eigenvalue weighted by molar-refractivity contribution is 6.31. The zero-order valence-corrected chi connectivity index (χ0v) is 19.1. The number of hydrogen-bond acceptors (Lipinski definition) is 6. The van der Waals surface area contributed by atoms with Gasteiger partial charge in [0.05, 0.1) is 29.2 Å². The van der Waals surface area contributed by atoms with E-state index in [2.05, 4.69) is 15.3 Å². The van der Waals surface area contributed by atoms with Crippen LogP contribution in [0, 0.1) is 0 Å². The monoisotopic (exact) mass is 497 g/mol. The first kappa shape index (κ1) is 23.2. The molecule has 0 amide bonds. The van der Waals surface area contributed by atoms with Crippen molar-refractivity contribution in [3.05, 3.63) is 56.1 Å². The lowest BCUT2D eigenvalue weighted by Gasteiger charge is -2.23. The molecule has 0 bridgehead atoms. The number of aromatic carboxylic acids is 1. The quantitative estimate of drug-likeness (QED) is 0.505. The Bertz CT molecular complexity index is 1330. The Morgan fingerprint density at radius 1 is 1.27 bits per heavy atom. The molecular formula is C21H19Cl2F2N5O3. The highest BCUT2D eigenvalue weighted by Gasteiger charge is 2.39. The third-order valence-corrected chi connectivity index (χ3v) is 5.93. The van der Waals surface area contributed by atoms with Crippen LogP contribution < -0.4 is 15.8 Å². The second-order valence-corrected chi connectivity index (χ2v) is 8.72. The van der Waals surface area contributed by atoms with Crippen LogP contribution in [0.3, 0.4) is 0 Å². The average molecular weight is 498 g/mol. The van der Waals surface area contributed by atoms with Crippen molar-refractivity contribution in [1.82, 2.24) is 14.5 Å². The summed E-state index contributed by atoms with van der Waals surface area (Å²) >= 11 is 12.1. The van der Waals surface area contributed by atoms with Crippen molar-refractivity contribution >= 4 is 51.7 Å². The minimum absolute atomic E-state index is 0.0241. The summed E-state index contributed by atoms with van der Waals surface area (Å²) < 4.78 is 28.9. The molecule has 3 aromatic rings. The van der Waals surface area contributed by atoms with E-state index in [1.807, 2.05) is 0 Å². The summed E-state index contributed by atoms with van der Waals surface area (Å²) in [6.07, 6.45) is -0.326. The molecule has 12 heteroatoms. The fraction of sp³-hybridized carbons (Fsp3) is 0.333. The summed E-state index contributed by atoms with van der Waals surface area (Å²) in [5.41, 5.74) is 0.279. The molecule has 3 heterocycles. The zero-order chi connectivity index (χ0) is 24.1. The summed E-state index contributed by atoms with van der Waals surface area (Å²) in [7, 11) is 1.47. The number of nitrogens with one attached hydrogen (secondary N) is 1. The van der Waals surface area contributed by atoms with Gasteiger partial charge in [0.25, 0.3) is 11.5 Å². The number of carboxylic acid groups (broad SMARTS) is 1. The molecule has 8 nitrogen and oxygen atoms in total. The Labute approximate surface area is 196 Å². The van der Waals surface area contributed by atoms with Crippen LogP contribution in [-0.2, 0) is 7.05 Å². The van der Waals surface area contributed by atoms with E-state index in [4.69, 9.17) is 23.2 Å². The van der Waals surface area contributed by atoms with E-state index in [1.165, 1.54) is 34.7 Å². The standard InChI is InChI=1S/C21H19Cl2F2N5O3/c1-10(26-14-3-4-15(23)27-17(14)19(32)33)12-7-11(22)8-13-16(12)28-20(29(2)18(13)31)30-6-5-21(24,25)9-30/h3-4,7-8,10,26H,5-6,9H2,1-2H3,(H,32,33). The number of aromatic nitrogens is 3. The van der Waals surface area contributed by atoms with Crippen molar-refractivity contribution in [3.8, 4) is 0 Å². The lowest BCUT2D eigenvalue weighted by Crippen LogP contribution is -2.32. The predicted molar refractivity (Wildman–Crippen MR) is 122 cm³/mol. The zero-order valence-electron chi connectivity index (χ0n) is 17.6.